The number of carboxylic acids is 1. The molecular weight excluding hydrogens is 997 g/mol. The Bertz CT molecular complexity index is 1600. The number of aliphatic carboxylic acids is 1. The van der Waals surface area contributed by atoms with Crippen molar-refractivity contribution < 1.29 is 58.2 Å². The van der Waals surface area contributed by atoms with E-state index in [0.717, 1.165) is 89.9 Å². The number of aliphatic hydroxyl groups excluding tert-OH is 2. The van der Waals surface area contributed by atoms with Gasteiger partial charge >= 0.3 is 23.9 Å². The minimum absolute atomic E-state index is 0.0227. The lowest BCUT2D eigenvalue weighted by Crippen LogP contribution is -2.61. The zero-order valence-electron chi connectivity index (χ0n) is 50.4. The van der Waals surface area contributed by atoms with E-state index in [0.29, 0.717) is 19.3 Å². The Morgan fingerprint density at radius 1 is 0.430 bits per heavy atom. The van der Waals surface area contributed by atoms with Crippen LogP contribution in [0, 0.1) is 0 Å². The first-order chi connectivity index (χ1) is 38.6. The summed E-state index contributed by atoms with van der Waals surface area (Å²) in [7, 11) is 0. The number of carboxylic acid groups (broad SMARTS) is 1. The highest BCUT2D eigenvalue weighted by atomic mass is 16.7. The average molecular weight is 1110 g/mol. The topological polar surface area (TPSA) is 175 Å². The van der Waals surface area contributed by atoms with Gasteiger partial charge in [-0.05, 0) is 64.2 Å². The molecule has 456 valence electrons. The van der Waals surface area contributed by atoms with Gasteiger partial charge in [0.1, 0.15) is 18.8 Å². The normalized spacial score (nSPS) is 18.2. The Morgan fingerprint density at radius 3 is 1.22 bits per heavy atom. The van der Waals surface area contributed by atoms with E-state index in [1.807, 2.05) is 0 Å². The quantitative estimate of drug-likeness (QED) is 0.0228. The van der Waals surface area contributed by atoms with E-state index in [1.54, 1.807) is 0 Å². The van der Waals surface area contributed by atoms with Crippen LogP contribution in [0.25, 0.3) is 0 Å². The number of esters is 3. The molecule has 0 bridgehead atoms. The number of hydrogen-bond acceptors (Lipinski definition) is 11. The van der Waals surface area contributed by atoms with Crippen molar-refractivity contribution in [2.75, 3.05) is 13.2 Å². The first-order valence-corrected chi connectivity index (χ1v) is 32.3. The van der Waals surface area contributed by atoms with Crippen molar-refractivity contribution in [3.05, 3.63) is 60.8 Å². The molecule has 1 saturated heterocycles. The van der Waals surface area contributed by atoms with E-state index < -0.39 is 67.3 Å². The van der Waals surface area contributed by atoms with Crippen molar-refractivity contribution in [2.24, 2.45) is 0 Å². The number of rotatable bonds is 55. The molecule has 79 heavy (non-hydrogen) atoms. The molecule has 0 spiro atoms. The summed E-state index contributed by atoms with van der Waals surface area (Å²) in [6.07, 6.45) is 56.0. The van der Waals surface area contributed by atoms with Crippen LogP contribution in [0.5, 0.6) is 0 Å². The Kier molecular flexibility index (Phi) is 51.1. The SMILES string of the molecule is CC/C=C\C/C=C\C/C=C\C/C=C\C/C=C\CCCCCC(=O)OC1C(OCC(COC(=O)CCCCCCCCCCCCCCCCC)OC(=O)CCCCCCCCCCCCCCCCC)OC(C(=O)O)C(O)C1O. The number of hydrogen-bond donors (Lipinski definition) is 3. The van der Waals surface area contributed by atoms with Gasteiger partial charge in [0.05, 0.1) is 6.61 Å². The molecule has 1 rings (SSSR count). The number of ether oxygens (including phenoxy) is 5. The molecule has 6 atom stereocenters. The third-order valence-electron chi connectivity index (χ3n) is 14.6. The third-order valence-corrected chi connectivity index (χ3v) is 14.6. The van der Waals surface area contributed by atoms with Gasteiger partial charge in [0.25, 0.3) is 0 Å². The van der Waals surface area contributed by atoms with Crippen molar-refractivity contribution in [1.82, 2.24) is 0 Å². The fourth-order valence-electron chi connectivity index (χ4n) is 9.69. The van der Waals surface area contributed by atoms with E-state index in [-0.39, 0.29) is 25.9 Å². The van der Waals surface area contributed by atoms with Crippen molar-refractivity contribution >= 4 is 23.9 Å². The van der Waals surface area contributed by atoms with Crippen LogP contribution in [0.4, 0.5) is 0 Å². The lowest BCUT2D eigenvalue weighted by atomic mass is 9.98. The standard InChI is InChI=1S/C67H116O12/c1-4-7-10-13-16-19-22-25-28-29-30-31-34-37-40-43-46-49-52-55-61(70)78-65-63(72)62(71)64(66(73)74)79-67(65)76-57-58(77-60(69)54-51-48-45-42-39-36-33-27-24-21-18-15-12-9-6-3)56-75-59(68)53-50-47-44-41-38-35-32-26-23-20-17-14-11-8-5-2/h7,10,16,19,25,28,30-31,37,40,58,62-65,67,71-72H,4-6,8-9,11-15,17-18,20-24,26-27,29,32-36,38-39,41-57H2,1-3H3,(H,73,74)/b10-7-,19-16-,28-25-,31-30-,40-37-. The van der Waals surface area contributed by atoms with Gasteiger partial charge in [-0.25, -0.2) is 4.79 Å². The molecular formula is C67H116O12. The molecule has 0 aromatic carbocycles. The van der Waals surface area contributed by atoms with E-state index in [1.165, 1.54) is 141 Å². The first-order valence-electron chi connectivity index (χ1n) is 32.3. The van der Waals surface area contributed by atoms with Gasteiger partial charge in [-0.1, -0.05) is 268 Å². The van der Waals surface area contributed by atoms with Gasteiger partial charge < -0.3 is 39.0 Å². The number of allylic oxidation sites excluding steroid dienone is 10. The van der Waals surface area contributed by atoms with Crippen LogP contribution >= 0.6 is 0 Å². The van der Waals surface area contributed by atoms with E-state index in [2.05, 4.69) is 81.5 Å². The molecule has 1 fully saturated rings. The van der Waals surface area contributed by atoms with Crippen molar-refractivity contribution in [1.29, 1.82) is 0 Å². The molecule has 12 nitrogen and oxygen atoms in total. The number of carbonyl (C=O) groups is 4. The van der Waals surface area contributed by atoms with Crippen LogP contribution < -0.4 is 0 Å². The summed E-state index contributed by atoms with van der Waals surface area (Å²) in [6, 6.07) is 0. The van der Waals surface area contributed by atoms with Gasteiger partial charge in [-0.2, -0.15) is 0 Å². The van der Waals surface area contributed by atoms with Crippen LogP contribution in [0.1, 0.15) is 290 Å². The molecule has 1 heterocycles. The molecule has 0 aromatic heterocycles. The van der Waals surface area contributed by atoms with E-state index in [9.17, 15) is 34.5 Å². The largest absolute Gasteiger partial charge is 0.479 e. The monoisotopic (exact) mass is 1110 g/mol. The maximum Gasteiger partial charge on any atom is 0.335 e. The minimum atomic E-state index is -1.91. The zero-order chi connectivity index (χ0) is 57.5. The molecule has 1 aliphatic heterocycles. The average Bonchev–Trinajstić information content (AvgIpc) is 3.44. The minimum Gasteiger partial charge on any atom is -0.479 e. The molecule has 0 aliphatic carbocycles. The number of unbranched alkanes of at least 4 members (excludes halogenated alkanes) is 31. The van der Waals surface area contributed by atoms with Crippen LogP contribution in [-0.4, -0.2) is 89.2 Å². The molecule has 6 unspecified atom stereocenters. The van der Waals surface area contributed by atoms with E-state index >= 15 is 0 Å². The number of aliphatic hydroxyl groups is 2. The molecule has 12 heteroatoms. The highest BCUT2D eigenvalue weighted by Crippen LogP contribution is 2.27. The van der Waals surface area contributed by atoms with Crippen LogP contribution in [0.2, 0.25) is 0 Å². The fraction of sp³-hybridized carbons (Fsp3) is 0.791. The van der Waals surface area contributed by atoms with Gasteiger partial charge in [0.15, 0.2) is 24.6 Å². The van der Waals surface area contributed by atoms with Gasteiger partial charge in [-0.3, -0.25) is 14.4 Å². The Hall–Kier alpha value is -3.58. The van der Waals surface area contributed by atoms with Crippen molar-refractivity contribution in [3.8, 4) is 0 Å². The molecule has 0 aromatic rings. The number of carbonyl (C=O) groups excluding carboxylic acids is 3. The van der Waals surface area contributed by atoms with Gasteiger partial charge in [0, 0.05) is 19.3 Å². The van der Waals surface area contributed by atoms with E-state index in [4.69, 9.17) is 23.7 Å². The summed E-state index contributed by atoms with van der Waals surface area (Å²) in [5.74, 6) is -3.14. The zero-order valence-corrected chi connectivity index (χ0v) is 50.4. The summed E-state index contributed by atoms with van der Waals surface area (Å²) in [6.45, 7) is 5.91. The summed E-state index contributed by atoms with van der Waals surface area (Å²) in [5, 5.41) is 31.6. The molecule has 0 radical (unpaired) electrons. The van der Waals surface area contributed by atoms with Crippen LogP contribution in [0.3, 0.4) is 0 Å². The summed E-state index contributed by atoms with van der Waals surface area (Å²) in [4.78, 5) is 51.3. The Morgan fingerprint density at radius 2 is 0.797 bits per heavy atom. The van der Waals surface area contributed by atoms with Crippen LogP contribution in [0.15, 0.2) is 60.8 Å². The smallest absolute Gasteiger partial charge is 0.335 e. The predicted molar refractivity (Wildman–Crippen MR) is 322 cm³/mol. The van der Waals surface area contributed by atoms with Crippen molar-refractivity contribution in [3.63, 3.8) is 0 Å². The molecule has 3 N–H and O–H groups in total. The second-order valence-electron chi connectivity index (χ2n) is 22.0. The summed E-state index contributed by atoms with van der Waals surface area (Å²) in [5.41, 5.74) is 0. The maximum absolute atomic E-state index is 13.2. The van der Waals surface area contributed by atoms with Crippen LogP contribution in [-0.2, 0) is 42.9 Å². The highest BCUT2D eigenvalue weighted by molar-refractivity contribution is 5.74. The van der Waals surface area contributed by atoms with Crippen molar-refractivity contribution in [2.45, 2.75) is 327 Å². The molecule has 0 saturated carbocycles. The first kappa shape index (κ1) is 73.4. The maximum atomic E-state index is 13.2. The second-order valence-corrected chi connectivity index (χ2v) is 22.0. The summed E-state index contributed by atoms with van der Waals surface area (Å²) < 4.78 is 28.5. The van der Waals surface area contributed by atoms with Gasteiger partial charge in [0.2, 0.25) is 0 Å². The molecule has 1 aliphatic rings. The predicted octanol–water partition coefficient (Wildman–Crippen LogP) is 17.1. The van der Waals surface area contributed by atoms with Gasteiger partial charge in [-0.15, -0.1) is 0 Å². The molecule has 0 amide bonds. The third kappa shape index (κ3) is 44.7. The Balaban J connectivity index is 2.67. The fourth-order valence-corrected chi connectivity index (χ4v) is 9.69. The summed E-state index contributed by atoms with van der Waals surface area (Å²) >= 11 is 0. The highest BCUT2D eigenvalue weighted by Gasteiger charge is 2.50. The lowest BCUT2D eigenvalue weighted by molar-refractivity contribution is -0.301. The second kappa shape index (κ2) is 55.0. The lowest BCUT2D eigenvalue weighted by Gasteiger charge is -2.40. The Labute approximate surface area is 481 Å².